The van der Waals surface area contributed by atoms with Gasteiger partial charge in [-0.05, 0) is 40.8 Å². The molecular weight excluding hydrogens is 388 g/mol. The Morgan fingerprint density at radius 2 is 1.83 bits per heavy atom. The van der Waals surface area contributed by atoms with Crippen molar-refractivity contribution in [3.05, 3.63) is 59.2 Å². The van der Waals surface area contributed by atoms with Crippen LogP contribution >= 0.6 is 0 Å². The molecule has 1 heterocycles. The van der Waals surface area contributed by atoms with Crippen molar-refractivity contribution < 1.29 is 17.9 Å². The van der Waals surface area contributed by atoms with Crippen molar-refractivity contribution in [2.24, 2.45) is 0 Å². The van der Waals surface area contributed by atoms with Gasteiger partial charge in [0.25, 0.3) is 0 Å². The summed E-state index contributed by atoms with van der Waals surface area (Å²) in [5, 5.41) is 0. The molecule has 0 atom stereocenters. The van der Waals surface area contributed by atoms with Gasteiger partial charge < -0.3 is 9.47 Å². The predicted octanol–water partition coefficient (Wildman–Crippen LogP) is 3.13. The summed E-state index contributed by atoms with van der Waals surface area (Å²) in [4.78, 5) is 2.60. The number of morpholine rings is 1. The SMILES string of the molecule is COc1ccc(S(=O)(=O)NCc2cccc(CN3CCOCC3)c2)cc1C(C)C. The first-order valence-electron chi connectivity index (χ1n) is 9.94. The first kappa shape index (κ1) is 21.8. The van der Waals surface area contributed by atoms with Gasteiger partial charge in [-0.1, -0.05) is 38.1 Å². The monoisotopic (exact) mass is 418 g/mol. The minimum atomic E-state index is -3.61. The summed E-state index contributed by atoms with van der Waals surface area (Å²) in [6.45, 7) is 8.50. The molecular formula is C22H30N2O4S. The van der Waals surface area contributed by atoms with Gasteiger partial charge in [-0.25, -0.2) is 13.1 Å². The van der Waals surface area contributed by atoms with Gasteiger partial charge in [0.2, 0.25) is 10.0 Å². The summed E-state index contributed by atoms with van der Waals surface area (Å²) < 4.78 is 39.1. The molecule has 0 spiro atoms. The number of benzene rings is 2. The number of ether oxygens (including phenoxy) is 2. The van der Waals surface area contributed by atoms with Gasteiger partial charge in [0.15, 0.2) is 0 Å². The zero-order valence-corrected chi connectivity index (χ0v) is 18.2. The summed E-state index contributed by atoms with van der Waals surface area (Å²) in [5.74, 6) is 0.867. The van der Waals surface area contributed by atoms with Gasteiger partial charge >= 0.3 is 0 Å². The lowest BCUT2D eigenvalue weighted by atomic mass is 10.0. The van der Waals surface area contributed by atoms with Crippen LogP contribution in [0.2, 0.25) is 0 Å². The van der Waals surface area contributed by atoms with E-state index in [4.69, 9.17) is 9.47 Å². The third-order valence-electron chi connectivity index (χ3n) is 5.10. The normalized spacial score (nSPS) is 15.6. The van der Waals surface area contributed by atoms with E-state index in [0.717, 1.165) is 44.0 Å². The minimum Gasteiger partial charge on any atom is -0.496 e. The summed E-state index contributed by atoms with van der Waals surface area (Å²) in [6, 6.07) is 13.1. The molecule has 2 aromatic rings. The van der Waals surface area contributed by atoms with E-state index < -0.39 is 10.0 Å². The van der Waals surface area contributed by atoms with E-state index in [0.29, 0.717) is 5.75 Å². The van der Waals surface area contributed by atoms with E-state index in [9.17, 15) is 8.42 Å². The fraction of sp³-hybridized carbons (Fsp3) is 0.455. The molecule has 6 nitrogen and oxygen atoms in total. The highest BCUT2D eigenvalue weighted by atomic mass is 32.2. The smallest absolute Gasteiger partial charge is 0.240 e. The third kappa shape index (κ3) is 5.79. The zero-order chi connectivity index (χ0) is 20.9. The number of sulfonamides is 1. The van der Waals surface area contributed by atoms with Crippen molar-refractivity contribution in [2.45, 2.75) is 37.8 Å². The second kappa shape index (κ2) is 9.71. The van der Waals surface area contributed by atoms with Gasteiger partial charge in [0, 0.05) is 26.2 Å². The summed E-state index contributed by atoms with van der Waals surface area (Å²) in [6.07, 6.45) is 0. The molecule has 0 radical (unpaired) electrons. The molecule has 1 aliphatic heterocycles. The van der Waals surface area contributed by atoms with Crippen LogP contribution in [0.15, 0.2) is 47.4 Å². The number of hydrogen-bond donors (Lipinski definition) is 1. The average Bonchev–Trinajstić information content (AvgIpc) is 2.73. The Hall–Kier alpha value is -1.93. The van der Waals surface area contributed by atoms with Crippen molar-refractivity contribution in [2.75, 3.05) is 33.4 Å². The highest BCUT2D eigenvalue weighted by molar-refractivity contribution is 7.89. The second-order valence-electron chi connectivity index (χ2n) is 7.59. The Kier molecular flexibility index (Phi) is 7.29. The van der Waals surface area contributed by atoms with E-state index in [2.05, 4.69) is 21.8 Å². The van der Waals surface area contributed by atoms with Crippen LogP contribution in [0.1, 0.15) is 36.5 Å². The molecule has 0 aliphatic carbocycles. The van der Waals surface area contributed by atoms with Crippen LogP contribution in [0, 0.1) is 0 Å². The Morgan fingerprint density at radius 3 is 2.52 bits per heavy atom. The zero-order valence-electron chi connectivity index (χ0n) is 17.3. The van der Waals surface area contributed by atoms with Crippen LogP contribution in [0.4, 0.5) is 0 Å². The molecule has 0 unspecified atom stereocenters. The van der Waals surface area contributed by atoms with Gasteiger partial charge in [0.1, 0.15) is 5.75 Å². The van der Waals surface area contributed by atoms with E-state index >= 15 is 0 Å². The van der Waals surface area contributed by atoms with E-state index in [1.165, 1.54) is 5.56 Å². The molecule has 1 aliphatic rings. The fourth-order valence-corrected chi connectivity index (χ4v) is 4.50. The summed E-state index contributed by atoms with van der Waals surface area (Å²) in [7, 11) is -2.02. The van der Waals surface area contributed by atoms with Gasteiger partial charge in [-0.3, -0.25) is 4.90 Å². The molecule has 7 heteroatoms. The van der Waals surface area contributed by atoms with Crippen molar-refractivity contribution in [3.63, 3.8) is 0 Å². The number of nitrogens with one attached hydrogen (secondary N) is 1. The van der Waals surface area contributed by atoms with Gasteiger partial charge in [-0.2, -0.15) is 0 Å². The second-order valence-corrected chi connectivity index (χ2v) is 9.36. The lowest BCUT2D eigenvalue weighted by molar-refractivity contribution is 0.0342. The van der Waals surface area contributed by atoms with Gasteiger partial charge in [-0.15, -0.1) is 0 Å². The molecule has 1 saturated heterocycles. The molecule has 0 amide bonds. The Labute approximate surface area is 173 Å². The molecule has 29 heavy (non-hydrogen) atoms. The molecule has 0 saturated carbocycles. The first-order chi connectivity index (χ1) is 13.9. The lowest BCUT2D eigenvalue weighted by Crippen LogP contribution is -2.35. The number of nitrogens with zero attached hydrogens (tertiary/aromatic N) is 1. The van der Waals surface area contributed by atoms with Crippen LogP contribution in [-0.4, -0.2) is 46.7 Å². The predicted molar refractivity (Wildman–Crippen MR) is 114 cm³/mol. The van der Waals surface area contributed by atoms with E-state index in [1.807, 2.05) is 26.0 Å². The average molecular weight is 419 g/mol. The number of rotatable bonds is 8. The van der Waals surface area contributed by atoms with E-state index in [1.54, 1.807) is 25.3 Å². The minimum absolute atomic E-state index is 0.164. The molecule has 1 fully saturated rings. The largest absolute Gasteiger partial charge is 0.496 e. The summed E-state index contributed by atoms with van der Waals surface area (Å²) >= 11 is 0. The third-order valence-corrected chi connectivity index (χ3v) is 6.50. The molecule has 158 valence electrons. The maximum absolute atomic E-state index is 12.8. The molecule has 0 aromatic heterocycles. The van der Waals surface area contributed by atoms with Crippen molar-refractivity contribution >= 4 is 10.0 Å². The van der Waals surface area contributed by atoms with Crippen molar-refractivity contribution in [1.82, 2.24) is 9.62 Å². The van der Waals surface area contributed by atoms with Crippen LogP contribution < -0.4 is 9.46 Å². The van der Waals surface area contributed by atoms with Crippen LogP contribution in [-0.2, 0) is 27.8 Å². The molecule has 0 bridgehead atoms. The van der Waals surface area contributed by atoms with E-state index in [-0.39, 0.29) is 17.4 Å². The topological polar surface area (TPSA) is 67.9 Å². The quantitative estimate of drug-likeness (QED) is 0.713. The maximum atomic E-state index is 12.8. The van der Waals surface area contributed by atoms with Crippen LogP contribution in [0.3, 0.4) is 0 Å². The highest BCUT2D eigenvalue weighted by Gasteiger charge is 2.18. The Bertz CT molecular complexity index is 922. The maximum Gasteiger partial charge on any atom is 0.240 e. The van der Waals surface area contributed by atoms with Crippen LogP contribution in [0.5, 0.6) is 5.75 Å². The standard InChI is InChI=1S/C22H30N2O4S/c1-17(2)21-14-20(7-8-22(21)27-3)29(25,26)23-15-18-5-4-6-19(13-18)16-24-9-11-28-12-10-24/h4-8,13-14,17,23H,9-12,15-16H2,1-3H3. The fourth-order valence-electron chi connectivity index (χ4n) is 3.45. The first-order valence-corrected chi connectivity index (χ1v) is 11.4. The van der Waals surface area contributed by atoms with Crippen molar-refractivity contribution in [3.8, 4) is 5.75 Å². The molecule has 1 N–H and O–H groups in total. The lowest BCUT2D eigenvalue weighted by Gasteiger charge is -2.26. The Balaban J connectivity index is 1.68. The van der Waals surface area contributed by atoms with Gasteiger partial charge in [0.05, 0.1) is 25.2 Å². The number of methoxy groups -OCH3 is 1. The molecule has 2 aromatic carbocycles. The Morgan fingerprint density at radius 1 is 1.10 bits per heavy atom. The highest BCUT2D eigenvalue weighted by Crippen LogP contribution is 2.28. The summed E-state index contributed by atoms with van der Waals surface area (Å²) in [5.41, 5.74) is 3.00. The van der Waals surface area contributed by atoms with Crippen molar-refractivity contribution in [1.29, 1.82) is 0 Å². The van der Waals surface area contributed by atoms with Crippen LogP contribution in [0.25, 0.3) is 0 Å². The number of hydrogen-bond acceptors (Lipinski definition) is 5. The molecule has 3 rings (SSSR count).